The molecule has 3 rings (SSSR count). The summed E-state index contributed by atoms with van der Waals surface area (Å²) in [5.41, 5.74) is 1.53. The zero-order chi connectivity index (χ0) is 19.9. The van der Waals surface area contributed by atoms with Gasteiger partial charge in [0.1, 0.15) is 29.8 Å². The molecule has 28 heavy (non-hydrogen) atoms. The number of aromatic nitrogens is 1. The van der Waals surface area contributed by atoms with Crippen molar-refractivity contribution in [2.45, 2.75) is 13.5 Å². The van der Waals surface area contributed by atoms with Gasteiger partial charge in [0.25, 0.3) is 5.91 Å². The van der Waals surface area contributed by atoms with E-state index in [2.05, 4.69) is 10.5 Å². The summed E-state index contributed by atoms with van der Waals surface area (Å²) in [5.74, 6) is 0.907. The lowest BCUT2D eigenvalue weighted by atomic mass is 10.1. The lowest BCUT2D eigenvalue weighted by Crippen LogP contribution is -2.13. The maximum absolute atomic E-state index is 12.2. The summed E-state index contributed by atoms with van der Waals surface area (Å²) in [4.78, 5) is 12.2. The normalized spacial score (nSPS) is 11.0. The molecule has 0 bridgehead atoms. The van der Waals surface area contributed by atoms with Crippen LogP contribution in [0.1, 0.15) is 16.9 Å². The molecule has 0 radical (unpaired) electrons. The molecule has 0 saturated carbocycles. The van der Waals surface area contributed by atoms with Gasteiger partial charge in [-0.2, -0.15) is 5.26 Å². The van der Waals surface area contributed by atoms with Crippen LogP contribution in [0.15, 0.2) is 64.7 Å². The van der Waals surface area contributed by atoms with Crippen LogP contribution in [-0.4, -0.2) is 11.1 Å². The number of halogens is 1. The highest BCUT2D eigenvalue weighted by molar-refractivity contribution is 6.31. The van der Waals surface area contributed by atoms with E-state index in [1.807, 2.05) is 30.3 Å². The molecule has 0 unspecified atom stereocenters. The quantitative estimate of drug-likeness (QED) is 0.481. The molecule has 0 aliphatic heterocycles. The molecule has 6 nitrogen and oxygen atoms in total. The number of nitriles is 1. The third kappa shape index (κ3) is 5.00. The van der Waals surface area contributed by atoms with Crippen LogP contribution in [0.25, 0.3) is 6.08 Å². The second-order valence-electron chi connectivity index (χ2n) is 5.90. The average Bonchev–Trinajstić information content (AvgIpc) is 3.11. The smallest absolute Gasteiger partial charge is 0.267 e. The number of carbonyl (C=O) groups excluding carboxylic acids is 1. The van der Waals surface area contributed by atoms with Gasteiger partial charge >= 0.3 is 0 Å². The van der Waals surface area contributed by atoms with Crippen molar-refractivity contribution in [2.75, 3.05) is 5.32 Å². The van der Waals surface area contributed by atoms with Gasteiger partial charge in [-0.15, -0.1) is 0 Å². The van der Waals surface area contributed by atoms with E-state index in [1.165, 1.54) is 6.08 Å². The van der Waals surface area contributed by atoms with Crippen LogP contribution < -0.4 is 10.1 Å². The summed E-state index contributed by atoms with van der Waals surface area (Å²) in [5, 5.41) is 16.1. The minimum atomic E-state index is -0.560. The van der Waals surface area contributed by atoms with E-state index in [-0.39, 0.29) is 11.4 Å². The van der Waals surface area contributed by atoms with Crippen LogP contribution >= 0.6 is 11.6 Å². The molecule has 1 amide bonds. The Bertz CT molecular complexity index is 1050. The van der Waals surface area contributed by atoms with Crippen molar-refractivity contribution in [1.82, 2.24) is 5.16 Å². The van der Waals surface area contributed by atoms with Gasteiger partial charge in [-0.3, -0.25) is 4.79 Å². The molecule has 0 aliphatic carbocycles. The predicted octanol–water partition coefficient (Wildman–Crippen LogP) is 4.76. The van der Waals surface area contributed by atoms with Crippen molar-refractivity contribution in [2.24, 2.45) is 0 Å². The van der Waals surface area contributed by atoms with Gasteiger partial charge in [-0.1, -0.05) is 47.1 Å². The summed E-state index contributed by atoms with van der Waals surface area (Å²) in [6, 6.07) is 18.0. The number of rotatable bonds is 6. The molecule has 7 heteroatoms. The molecule has 3 aromatic rings. The van der Waals surface area contributed by atoms with Crippen molar-refractivity contribution < 1.29 is 14.1 Å². The minimum absolute atomic E-state index is 0.0506. The van der Waals surface area contributed by atoms with Crippen LogP contribution in [0.2, 0.25) is 5.02 Å². The maximum atomic E-state index is 12.2. The monoisotopic (exact) mass is 393 g/mol. The zero-order valence-electron chi connectivity index (χ0n) is 15.0. The van der Waals surface area contributed by atoms with Gasteiger partial charge < -0.3 is 14.6 Å². The van der Waals surface area contributed by atoms with Crippen LogP contribution in [0.5, 0.6) is 5.75 Å². The van der Waals surface area contributed by atoms with Gasteiger partial charge in [0.15, 0.2) is 5.82 Å². The number of carbonyl (C=O) groups is 1. The van der Waals surface area contributed by atoms with Crippen molar-refractivity contribution in [3.8, 4) is 11.8 Å². The van der Waals surface area contributed by atoms with Crippen molar-refractivity contribution in [3.63, 3.8) is 0 Å². The summed E-state index contributed by atoms with van der Waals surface area (Å²) in [6.45, 7) is 2.05. The zero-order valence-corrected chi connectivity index (χ0v) is 15.7. The molecule has 0 aliphatic rings. The van der Waals surface area contributed by atoms with Crippen molar-refractivity contribution >= 4 is 29.4 Å². The number of amides is 1. The first kappa shape index (κ1) is 19.2. The largest absolute Gasteiger partial charge is 0.489 e. The third-order valence-electron chi connectivity index (χ3n) is 3.78. The molecular weight excluding hydrogens is 378 g/mol. The average molecular weight is 394 g/mol. The fraction of sp³-hybridized carbons (Fsp3) is 0.0952. The molecule has 1 N–H and O–H groups in total. The first-order valence-electron chi connectivity index (χ1n) is 8.38. The summed E-state index contributed by atoms with van der Waals surface area (Å²) in [6.07, 6.45) is 1.49. The Morgan fingerprint density at radius 1 is 1.29 bits per heavy atom. The van der Waals surface area contributed by atoms with Gasteiger partial charge in [0.05, 0.1) is 0 Å². The predicted molar refractivity (Wildman–Crippen MR) is 106 cm³/mol. The summed E-state index contributed by atoms with van der Waals surface area (Å²) < 4.78 is 10.6. The Balaban J connectivity index is 1.65. The highest BCUT2D eigenvalue weighted by Gasteiger charge is 2.12. The van der Waals surface area contributed by atoms with Crippen LogP contribution in [-0.2, 0) is 11.4 Å². The first-order chi connectivity index (χ1) is 13.5. The SMILES string of the molecule is Cc1cc(NC(=O)/C(C#N)=C\c2ccc(OCc3ccccc3Cl)cc2)no1. The molecular formula is C21H16ClN3O3. The van der Waals surface area contributed by atoms with E-state index >= 15 is 0 Å². The van der Waals surface area contributed by atoms with E-state index in [0.29, 0.717) is 28.7 Å². The highest BCUT2D eigenvalue weighted by Crippen LogP contribution is 2.20. The summed E-state index contributed by atoms with van der Waals surface area (Å²) in [7, 11) is 0. The number of benzene rings is 2. The number of hydrogen-bond acceptors (Lipinski definition) is 5. The van der Waals surface area contributed by atoms with E-state index in [4.69, 9.17) is 20.9 Å². The van der Waals surface area contributed by atoms with Crippen LogP contribution in [0, 0.1) is 18.3 Å². The molecule has 0 saturated heterocycles. The molecule has 0 spiro atoms. The fourth-order valence-corrected chi connectivity index (χ4v) is 2.55. The van der Waals surface area contributed by atoms with Crippen molar-refractivity contribution in [3.05, 3.63) is 82.1 Å². The lowest BCUT2D eigenvalue weighted by Gasteiger charge is -2.08. The molecule has 2 aromatic carbocycles. The summed E-state index contributed by atoms with van der Waals surface area (Å²) >= 11 is 6.11. The molecule has 140 valence electrons. The number of hydrogen-bond donors (Lipinski definition) is 1. The Kier molecular flexibility index (Phi) is 6.10. The maximum Gasteiger partial charge on any atom is 0.267 e. The van der Waals surface area contributed by atoms with E-state index < -0.39 is 5.91 Å². The number of ether oxygens (including phenoxy) is 1. The second-order valence-corrected chi connectivity index (χ2v) is 6.30. The Morgan fingerprint density at radius 3 is 2.68 bits per heavy atom. The van der Waals surface area contributed by atoms with E-state index in [9.17, 15) is 10.1 Å². The minimum Gasteiger partial charge on any atom is -0.489 e. The van der Waals surface area contributed by atoms with Crippen molar-refractivity contribution in [1.29, 1.82) is 5.26 Å². The fourth-order valence-electron chi connectivity index (χ4n) is 2.36. The Morgan fingerprint density at radius 2 is 2.04 bits per heavy atom. The Hall–Kier alpha value is -3.56. The Labute approximate surface area is 167 Å². The molecule has 0 atom stereocenters. The number of aryl methyl sites for hydroxylation is 1. The topological polar surface area (TPSA) is 88.2 Å². The lowest BCUT2D eigenvalue weighted by molar-refractivity contribution is -0.112. The highest BCUT2D eigenvalue weighted by atomic mass is 35.5. The number of nitrogens with one attached hydrogen (secondary N) is 1. The van der Waals surface area contributed by atoms with Crippen LogP contribution in [0.3, 0.4) is 0 Å². The third-order valence-corrected chi connectivity index (χ3v) is 4.15. The van der Waals surface area contributed by atoms with Gasteiger partial charge in [-0.05, 0) is 36.8 Å². The number of nitrogens with zero attached hydrogens (tertiary/aromatic N) is 2. The van der Waals surface area contributed by atoms with Gasteiger partial charge in [0.2, 0.25) is 0 Å². The van der Waals surface area contributed by atoms with Gasteiger partial charge in [0, 0.05) is 16.7 Å². The second kappa shape index (κ2) is 8.89. The van der Waals surface area contributed by atoms with Crippen LogP contribution in [0.4, 0.5) is 5.82 Å². The standard InChI is InChI=1S/C21H16ClN3O3/c1-14-10-20(25-28-14)24-21(26)17(12-23)11-15-6-8-18(9-7-15)27-13-16-4-2-3-5-19(16)22/h2-11H,13H2,1H3,(H,24,25,26)/b17-11-. The van der Waals surface area contributed by atoms with E-state index in [0.717, 1.165) is 5.56 Å². The first-order valence-corrected chi connectivity index (χ1v) is 8.75. The molecule has 1 aromatic heterocycles. The molecule has 0 fully saturated rings. The van der Waals surface area contributed by atoms with Gasteiger partial charge in [-0.25, -0.2) is 0 Å². The molecule has 1 heterocycles. The van der Waals surface area contributed by atoms with E-state index in [1.54, 1.807) is 37.3 Å². The number of anilines is 1.